The number of hydrogen-bond donors (Lipinski definition) is 0. The van der Waals surface area contributed by atoms with Crippen LogP contribution in [0.4, 0.5) is 18.3 Å². The van der Waals surface area contributed by atoms with Crippen LogP contribution >= 0.6 is 11.3 Å². The summed E-state index contributed by atoms with van der Waals surface area (Å²) in [5, 5.41) is 1.71. The van der Waals surface area contributed by atoms with Gasteiger partial charge >= 0.3 is 6.18 Å². The molecule has 1 heterocycles. The molecule has 0 aliphatic heterocycles. The van der Waals surface area contributed by atoms with E-state index in [4.69, 9.17) is 0 Å². The van der Waals surface area contributed by atoms with Crippen LogP contribution in [-0.2, 0) is 4.79 Å². The third kappa shape index (κ3) is 5.19. The average Bonchev–Trinajstić information content (AvgIpc) is 3.11. The first-order valence-corrected chi connectivity index (χ1v) is 9.60. The second-order valence-corrected chi connectivity index (χ2v) is 7.28. The quantitative estimate of drug-likeness (QED) is 0.538. The highest BCUT2D eigenvalue weighted by Gasteiger charge is 2.36. The van der Waals surface area contributed by atoms with Gasteiger partial charge in [0.1, 0.15) is 6.54 Å². The van der Waals surface area contributed by atoms with E-state index in [-0.39, 0.29) is 17.5 Å². The lowest BCUT2D eigenvalue weighted by Crippen LogP contribution is -2.39. The summed E-state index contributed by atoms with van der Waals surface area (Å²) >= 11 is 1.04. The van der Waals surface area contributed by atoms with Crippen molar-refractivity contribution in [1.82, 2.24) is 4.98 Å². The van der Waals surface area contributed by atoms with Crippen LogP contribution in [0, 0.1) is 6.92 Å². The lowest BCUT2D eigenvalue weighted by Gasteiger charge is -2.25. The number of rotatable bonds is 6. The van der Waals surface area contributed by atoms with Gasteiger partial charge in [0, 0.05) is 17.7 Å². The molecule has 0 aliphatic rings. The highest BCUT2D eigenvalue weighted by molar-refractivity contribution is 7.14. The summed E-state index contributed by atoms with van der Waals surface area (Å²) in [5.74, 6) is -0.948. The van der Waals surface area contributed by atoms with Crippen molar-refractivity contribution in [2.75, 3.05) is 11.4 Å². The van der Waals surface area contributed by atoms with Gasteiger partial charge in [-0.15, -0.1) is 11.3 Å². The largest absolute Gasteiger partial charge is 0.406 e. The molecule has 1 amide bonds. The van der Waals surface area contributed by atoms with Gasteiger partial charge in [0.25, 0.3) is 0 Å². The Morgan fingerprint density at radius 2 is 1.57 bits per heavy atom. The molecule has 0 aliphatic carbocycles. The fraction of sp³-hybridized carbons (Fsp3) is 0.238. The molecule has 0 bridgehead atoms. The Morgan fingerprint density at radius 3 is 2.00 bits per heavy atom. The first-order valence-electron chi connectivity index (χ1n) is 8.72. The highest BCUT2D eigenvalue weighted by atomic mass is 32.1. The number of nitrogens with zero attached hydrogens (tertiary/aromatic N) is 2. The number of amides is 1. The van der Waals surface area contributed by atoms with Crippen molar-refractivity contribution < 1.29 is 18.0 Å². The van der Waals surface area contributed by atoms with E-state index in [0.717, 1.165) is 27.4 Å². The predicted molar refractivity (Wildman–Crippen MR) is 105 cm³/mol. The zero-order valence-electron chi connectivity index (χ0n) is 15.2. The van der Waals surface area contributed by atoms with Crippen molar-refractivity contribution in [3.8, 4) is 0 Å². The molecule has 28 heavy (non-hydrogen) atoms. The maximum absolute atomic E-state index is 13.1. The number of carbonyl (C=O) groups is 1. The number of aromatic nitrogens is 1. The van der Waals surface area contributed by atoms with Gasteiger partial charge in [-0.3, -0.25) is 9.69 Å². The van der Waals surface area contributed by atoms with E-state index in [0.29, 0.717) is 5.69 Å². The van der Waals surface area contributed by atoms with Crippen LogP contribution in [-0.4, -0.2) is 23.6 Å². The Morgan fingerprint density at radius 1 is 1.04 bits per heavy atom. The van der Waals surface area contributed by atoms with Crippen LogP contribution in [0.25, 0.3) is 0 Å². The predicted octanol–water partition coefficient (Wildman–Crippen LogP) is 5.57. The van der Waals surface area contributed by atoms with Crippen molar-refractivity contribution in [3.63, 3.8) is 0 Å². The molecule has 2 aromatic carbocycles. The molecule has 0 saturated carbocycles. The number of thiazole rings is 1. The van der Waals surface area contributed by atoms with Gasteiger partial charge in [-0.05, 0) is 18.1 Å². The zero-order chi connectivity index (χ0) is 20.1. The minimum absolute atomic E-state index is 0.0692. The summed E-state index contributed by atoms with van der Waals surface area (Å²) < 4.78 is 39.4. The Balaban J connectivity index is 1.92. The molecule has 3 nitrogen and oxygen atoms in total. The summed E-state index contributed by atoms with van der Waals surface area (Å²) in [6.45, 7) is 0.335. The van der Waals surface area contributed by atoms with E-state index >= 15 is 0 Å². The van der Waals surface area contributed by atoms with Crippen molar-refractivity contribution in [2.45, 2.75) is 25.4 Å². The fourth-order valence-electron chi connectivity index (χ4n) is 2.99. The number of carbonyl (C=O) groups excluding carboxylic acids is 1. The van der Waals surface area contributed by atoms with Crippen molar-refractivity contribution in [1.29, 1.82) is 0 Å². The molecule has 0 radical (unpaired) electrons. The lowest BCUT2D eigenvalue weighted by atomic mass is 9.88. The smallest absolute Gasteiger partial charge is 0.279 e. The van der Waals surface area contributed by atoms with Gasteiger partial charge in [0.05, 0.1) is 5.69 Å². The molecule has 3 aromatic rings. The van der Waals surface area contributed by atoms with Crippen molar-refractivity contribution in [3.05, 3.63) is 82.9 Å². The van der Waals surface area contributed by atoms with E-state index in [1.165, 1.54) is 0 Å². The third-order valence-electron chi connectivity index (χ3n) is 4.26. The van der Waals surface area contributed by atoms with Crippen LogP contribution in [0.3, 0.4) is 0 Å². The van der Waals surface area contributed by atoms with Gasteiger partial charge in [-0.25, -0.2) is 4.98 Å². The molecule has 1 aromatic heterocycles. The SMILES string of the molecule is Cc1csc(N(CC(F)(F)F)C(=O)CC(c2ccccc2)c2ccccc2)n1. The monoisotopic (exact) mass is 404 g/mol. The van der Waals surface area contributed by atoms with Gasteiger partial charge in [-0.1, -0.05) is 60.7 Å². The first kappa shape index (κ1) is 20.1. The van der Waals surface area contributed by atoms with Crippen LogP contribution in [0.1, 0.15) is 29.2 Å². The van der Waals surface area contributed by atoms with E-state index in [9.17, 15) is 18.0 Å². The van der Waals surface area contributed by atoms with E-state index in [1.807, 2.05) is 60.7 Å². The third-order valence-corrected chi connectivity index (χ3v) is 5.24. The maximum atomic E-state index is 13.1. The van der Waals surface area contributed by atoms with E-state index < -0.39 is 18.6 Å². The van der Waals surface area contributed by atoms with Gasteiger partial charge in [-0.2, -0.15) is 13.2 Å². The van der Waals surface area contributed by atoms with Gasteiger partial charge in [0.2, 0.25) is 5.91 Å². The first-order chi connectivity index (χ1) is 13.3. The Labute approximate surface area is 165 Å². The second kappa shape index (κ2) is 8.56. The molecule has 3 rings (SSSR count). The van der Waals surface area contributed by atoms with Crippen LogP contribution < -0.4 is 4.90 Å². The molecule has 0 spiro atoms. The topological polar surface area (TPSA) is 33.2 Å². The minimum atomic E-state index is -4.51. The highest BCUT2D eigenvalue weighted by Crippen LogP contribution is 2.32. The van der Waals surface area contributed by atoms with Gasteiger partial charge in [0.15, 0.2) is 5.13 Å². The number of aryl methyl sites for hydroxylation is 1. The summed E-state index contributed by atoms with van der Waals surface area (Å²) in [7, 11) is 0. The average molecular weight is 404 g/mol. The fourth-order valence-corrected chi connectivity index (χ4v) is 3.81. The number of alkyl halides is 3. The molecular weight excluding hydrogens is 385 g/mol. The van der Waals surface area contributed by atoms with Crippen LogP contribution in [0.15, 0.2) is 66.0 Å². The standard InChI is InChI=1S/C21H19F3N2OS/c1-15-13-28-20(25-15)26(14-21(22,23)24)19(27)12-18(16-8-4-2-5-9-16)17-10-6-3-7-11-17/h2-11,13,18H,12,14H2,1H3. The summed E-state index contributed by atoms with van der Waals surface area (Å²) in [4.78, 5) is 17.8. The number of halogens is 3. The van der Waals surface area contributed by atoms with Crippen LogP contribution in [0.5, 0.6) is 0 Å². The molecule has 0 fully saturated rings. The Bertz CT molecular complexity index is 871. The summed E-state index contributed by atoms with van der Waals surface area (Å²) in [6, 6.07) is 18.7. The molecule has 7 heteroatoms. The summed E-state index contributed by atoms with van der Waals surface area (Å²) in [5.41, 5.74) is 2.34. The molecular formula is C21H19F3N2OS. The maximum Gasteiger partial charge on any atom is 0.406 e. The van der Waals surface area contributed by atoms with Crippen molar-refractivity contribution >= 4 is 22.4 Å². The number of anilines is 1. The van der Waals surface area contributed by atoms with Crippen molar-refractivity contribution in [2.24, 2.45) is 0 Å². The minimum Gasteiger partial charge on any atom is -0.279 e. The molecule has 0 N–H and O–H groups in total. The molecule has 0 unspecified atom stereocenters. The second-order valence-electron chi connectivity index (χ2n) is 6.44. The Hall–Kier alpha value is -2.67. The summed E-state index contributed by atoms with van der Waals surface area (Å²) in [6.07, 6.45) is -4.59. The van der Waals surface area contributed by atoms with E-state index in [1.54, 1.807) is 12.3 Å². The molecule has 0 atom stereocenters. The van der Waals surface area contributed by atoms with Crippen LogP contribution in [0.2, 0.25) is 0 Å². The molecule has 146 valence electrons. The zero-order valence-corrected chi connectivity index (χ0v) is 16.0. The van der Waals surface area contributed by atoms with Gasteiger partial charge < -0.3 is 0 Å². The Kier molecular flexibility index (Phi) is 6.14. The lowest BCUT2D eigenvalue weighted by molar-refractivity contribution is -0.132. The number of benzene rings is 2. The number of hydrogen-bond acceptors (Lipinski definition) is 3. The normalized spacial score (nSPS) is 11.6. The molecule has 0 saturated heterocycles. The van der Waals surface area contributed by atoms with E-state index in [2.05, 4.69) is 4.98 Å².